The van der Waals surface area contributed by atoms with Crippen molar-refractivity contribution in [2.45, 2.75) is 13.8 Å². The first kappa shape index (κ1) is 21.0. The first-order chi connectivity index (χ1) is 17.7. The fourth-order valence-corrected chi connectivity index (χ4v) is 6.55. The Morgan fingerprint density at radius 3 is 2.33 bits per heavy atom. The zero-order valence-electron chi connectivity index (χ0n) is 20.1. The van der Waals surface area contributed by atoms with Gasteiger partial charge in [-0.05, 0) is 60.9 Å². The first-order valence-corrected chi connectivity index (χ1v) is 12.9. The van der Waals surface area contributed by atoms with Gasteiger partial charge in [0.2, 0.25) is 0 Å². The zero-order chi connectivity index (χ0) is 24.2. The highest BCUT2D eigenvalue weighted by Gasteiger charge is 2.21. The van der Waals surface area contributed by atoms with E-state index in [4.69, 9.17) is 4.98 Å². The van der Waals surface area contributed by atoms with Crippen LogP contribution in [-0.2, 0) is 0 Å². The van der Waals surface area contributed by atoms with E-state index in [9.17, 15) is 0 Å². The van der Waals surface area contributed by atoms with E-state index < -0.39 is 0 Å². The summed E-state index contributed by atoms with van der Waals surface area (Å²) in [6, 6.07) is 34.4. The molecule has 0 radical (unpaired) electrons. The van der Waals surface area contributed by atoms with Crippen molar-refractivity contribution in [1.29, 1.82) is 0 Å². The Balaban J connectivity index is 1.54. The number of hydrogen-bond acceptors (Lipinski definition) is 3. The van der Waals surface area contributed by atoms with Gasteiger partial charge < -0.3 is 0 Å². The molecule has 3 nitrogen and oxygen atoms in total. The number of benzene rings is 4. The second-order valence-electron chi connectivity index (χ2n) is 9.18. The number of fused-ring (bicyclic) bond motifs is 4. The van der Waals surface area contributed by atoms with Crippen LogP contribution in [0.2, 0.25) is 0 Å². The number of pyridine rings is 1. The van der Waals surface area contributed by atoms with Crippen molar-refractivity contribution in [3.63, 3.8) is 0 Å². The largest absolute Gasteiger partial charge is 0.290 e. The second kappa shape index (κ2) is 8.14. The van der Waals surface area contributed by atoms with Gasteiger partial charge in [-0.2, -0.15) is 0 Å². The Hall–Kier alpha value is -4.28. The highest BCUT2D eigenvalue weighted by molar-refractivity contribution is 7.26. The summed E-state index contributed by atoms with van der Waals surface area (Å²) in [7, 11) is 0. The minimum atomic E-state index is 0.951. The van der Waals surface area contributed by atoms with Crippen LogP contribution in [0.4, 0.5) is 0 Å². The fraction of sp³-hybridized carbons (Fsp3) is 0.0625. The SMILES string of the molecule is Cc1ccc(-c2nc3ccnc(C)c3n2-c2ccccc2)c2sc3cc(-c4ccccc4)ccc3c12. The molecule has 3 aromatic heterocycles. The zero-order valence-corrected chi connectivity index (χ0v) is 20.9. The molecule has 36 heavy (non-hydrogen) atoms. The lowest BCUT2D eigenvalue weighted by Gasteiger charge is -2.11. The summed E-state index contributed by atoms with van der Waals surface area (Å²) in [5.74, 6) is 0.951. The standard InChI is InChI=1S/C32H23N3S/c1-20-13-15-26(31-29(20)25-16-14-23(19-28(25)36-31)22-9-5-3-6-10-22)32-34-27-17-18-33-21(2)30(27)35(32)24-11-7-4-8-12-24/h3-19H,1-2H3. The van der Waals surface area contributed by atoms with E-state index in [0.717, 1.165) is 33.8 Å². The van der Waals surface area contributed by atoms with E-state index in [1.165, 1.54) is 36.9 Å². The van der Waals surface area contributed by atoms with Crippen molar-refractivity contribution in [2.75, 3.05) is 0 Å². The maximum absolute atomic E-state index is 5.16. The van der Waals surface area contributed by atoms with Crippen LogP contribution in [-0.4, -0.2) is 14.5 Å². The van der Waals surface area contributed by atoms with Crippen LogP contribution in [0.15, 0.2) is 103 Å². The Labute approximate surface area is 213 Å². The van der Waals surface area contributed by atoms with Gasteiger partial charge in [0.05, 0.1) is 16.7 Å². The third-order valence-corrected chi connectivity index (χ3v) is 8.12. The third-order valence-electron chi connectivity index (χ3n) is 6.94. The van der Waals surface area contributed by atoms with Crippen molar-refractivity contribution in [3.8, 4) is 28.2 Å². The molecule has 0 aliphatic heterocycles. The molecule has 0 atom stereocenters. The van der Waals surface area contributed by atoms with Gasteiger partial charge in [-0.15, -0.1) is 11.3 Å². The average Bonchev–Trinajstić information content (AvgIpc) is 3.50. The number of aromatic nitrogens is 3. The molecule has 0 saturated heterocycles. The monoisotopic (exact) mass is 481 g/mol. The quantitative estimate of drug-likeness (QED) is 0.253. The maximum Gasteiger partial charge on any atom is 0.147 e. The lowest BCUT2D eigenvalue weighted by atomic mass is 10.0. The number of thiophene rings is 1. The van der Waals surface area contributed by atoms with Gasteiger partial charge in [0, 0.05) is 37.6 Å². The van der Waals surface area contributed by atoms with Crippen LogP contribution in [0.3, 0.4) is 0 Å². The minimum absolute atomic E-state index is 0.951. The van der Waals surface area contributed by atoms with Gasteiger partial charge in [0.15, 0.2) is 0 Å². The summed E-state index contributed by atoms with van der Waals surface area (Å²) in [5, 5.41) is 2.61. The predicted molar refractivity (Wildman–Crippen MR) is 152 cm³/mol. The topological polar surface area (TPSA) is 30.7 Å². The average molecular weight is 482 g/mol. The van der Waals surface area contributed by atoms with Gasteiger partial charge in [0.1, 0.15) is 5.82 Å². The number of imidazole rings is 1. The molecule has 0 N–H and O–H groups in total. The van der Waals surface area contributed by atoms with Crippen molar-refractivity contribution in [1.82, 2.24) is 14.5 Å². The van der Waals surface area contributed by atoms with Gasteiger partial charge >= 0.3 is 0 Å². The molecule has 0 fully saturated rings. The molecule has 7 rings (SSSR count). The molecule has 0 bridgehead atoms. The van der Waals surface area contributed by atoms with Crippen LogP contribution >= 0.6 is 11.3 Å². The molecular formula is C32H23N3S. The molecule has 3 heterocycles. The van der Waals surface area contributed by atoms with Gasteiger partial charge in [0.25, 0.3) is 0 Å². The van der Waals surface area contributed by atoms with Crippen molar-refractivity contribution < 1.29 is 0 Å². The summed E-state index contributed by atoms with van der Waals surface area (Å²) in [6.45, 7) is 4.26. The van der Waals surface area contributed by atoms with E-state index >= 15 is 0 Å². The fourth-order valence-electron chi connectivity index (χ4n) is 5.22. The number of aryl methyl sites for hydroxylation is 2. The van der Waals surface area contributed by atoms with E-state index in [1.807, 2.05) is 29.7 Å². The molecule has 0 saturated carbocycles. The molecule has 4 aromatic carbocycles. The van der Waals surface area contributed by atoms with Crippen LogP contribution in [0.1, 0.15) is 11.3 Å². The molecule has 4 heteroatoms. The molecule has 0 spiro atoms. The highest BCUT2D eigenvalue weighted by Crippen LogP contribution is 2.43. The molecule has 7 aromatic rings. The summed E-state index contributed by atoms with van der Waals surface area (Å²) in [5.41, 5.74) is 9.00. The van der Waals surface area contributed by atoms with Crippen molar-refractivity contribution >= 4 is 42.5 Å². The number of nitrogens with zero attached hydrogens (tertiary/aromatic N) is 3. The molecule has 0 aliphatic rings. The summed E-state index contributed by atoms with van der Waals surface area (Å²) in [6.07, 6.45) is 1.85. The lowest BCUT2D eigenvalue weighted by Crippen LogP contribution is -1.99. The van der Waals surface area contributed by atoms with Gasteiger partial charge in [-0.3, -0.25) is 9.55 Å². The number of rotatable bonds is 3. The van der Waals surface area contributed by atoms with E-state index in [0.29, 0.717) is 0 Å². The van der Waals surface area contributed by atoms with Crippen molar-refractivity contribution in [3.05, 3.63) is 115 Å². The maximum atomic E-state index is 5.16. The normalized spacial score (nSPS) is 11.6. The molecule has 0 unspecified atom stereocenters. The smallest absolute Gasteiger partial charge is 0.147 e. The Morgan fingerprint density at radius 2 is 1.53 bits per heavy atom. The summed E-state index contributed by atoms with van der Waals surface area (Å²) < 4.78 is 4.83. The van der Waals surface area contributed by atoms with Crippen LogP contribution in [0, 0.1) is 13.8 Å². The molecular weight excluding hydrogens is 458 g/mol. The van der Waals surface area contributed by atoms with E-state index in [1.54, 1.807) is 0 Å². The Kier molecular flexibility index (Phi) is 4.76. The lowest BCUT2D eigenvalue weighted by molar-refractivity contribution is 1.08. The first-order valence-electron chi connectivity index (χ1n) is 12.1. The Morgan fingerprint density at radius 1 is 0.750 bits per heavy atom. The van der Waals surface area contributed by atoms with Crippen LogP contribution in [0.25, 0.3) is 59.4 Å². The molecule has 0 aliphatic carbocycles. The van der Waals surface area contributed by atoms with E-state index in [2.05, 4.69) is 108 Å². The highest BCUT2D eigenvalue weighted by atomic mass is 32.1. The molecule has 0 amide bonds. The third kappa shape index (κ3) is 3.19. The van der Waals surface area contributed by atoms with Gasteiger partial charge in [-0.1, -0.05) is 66.7 Å². The molecule has 172 valence electrons. The van der Waals surface area contributed by atoms with Gasteiger partial charge in [-0.25, -0.2) is 4.98 Å². The Bertz CT molecular complexity index is 1900. The number of hydrogen-bond donors (Lipinski definition) is 0. The van der Waals surface area contributed by atoms with Crippen LogP contribution in [0.5, 0.6) is 0 Å². The summed E-state index contributed by atoms with van der Waals surface area (Å²) in [4.78, 5) is 9.76. The van der Waals surface area contributed by atoms with Crippen molar-refractivity contribution in [2.24, 2.45) is 0 Å². The van der Waals surface area contributed by atoms with E-state index in [-0.39, 0.29) is 0 Å². The van der Waals surface area contributed by atoms with Crippen LogP contribution < -0.4 is 0 Å². The number of para-hydroxylation sites is 1. The summed E-state index contributed by atoms with van der Waals surface area (Å²) >= 11 is 1.86. The second-order valence-corrected chi connectivity index (χ2v) is 10.2. The minimum Gasteiger partial charge on any atom is -0.290 e. The predicted octanol–water partition coefficient (Wildman–Crippen LogP) is 8.74.